The van der Waals surface area contributed by atoms with Crippen LogP contribution in [-0.2, 0) is 14.6 Å². The van der Waals surface area contributed by atoms with Crippen molar-refractivity contribution in [2.45, 2.75) is 23.8 Å². The Labute approximate surface area is 176 Å². The van der Waals surface area contributed by atoms with Crippen LogP contribution in [0, 0.1) is 6.92 Å². The number of anilines is 1. The highest BCUT2D eigenvalue weighted by molar-refractivity contribution is 7.91. The zero-order chi connectivity index (χ0) is 21.1. The third-order valence-electron chi connectivity index (χ3n) is 4.88. The van der Waals surface area contributed by atoms with E-state index >= 15 is 0 Å². The highest BCUT2D eigenvalue weighted by Gasteiger charge is 2.32. The molecule has 1 saturated heterocycles. The molecule has 2 heterocycles. The predicted octanol–water partition coefficient (Wildman–Crippen LogP) is 3.72. The van der Waals surface area contributed by atoms with E-state index in [0.717, 1.165) is 11.3 Å². The first-order valence-corrected chi connectivity index (χ1v) is 11.4. The highest BCUT2D eigenvalue weighted by Crippen LogP contribution is 2.35. The van der Waals surface area contributed by atoms with Gasteiger partial charge in [0.2, 0.25) is 26.6 Å². The Bertz CT molecular complexity index is 1100. The van der Waals surface area contributed by atoms with Gasteiger partial charge in [0.25, 0.3) is 0 Å². The fourth-order valence-electron chi connectivity index (χ4n) is 3.25. The summed E-state index contributed by atoms with van der Waals surface area (Å²) in [5.74, 6) is 1.24. The van der Waals surface area contributed by atoms with Crippen molar-refractivity contribution in [3.8, 4) is 17.2 Å². The van der Waals surface area contributed by atoms with Gasteiger partial charge >= 0.3 is 0 Å². The van der Waals surface area contributed by atoms with Crippen LogP contribution in [0.2, 0.25) is 0 Å². The van der Waals surface area contributed by atoms with E-state index in [4.69, 9.17) is 13.9 Å². The molecule has 0 atom stereocenters. The first kappa shape index (κ1) is 20.4. The lowest BCUT2D eigenvalue weighted by atomic mass is 10.2. The topological polar surface area (TPSA) is 81.9 Å². The molecule has 1 aromatic heterocycles. The summed E-state index contributed by atoms with van der Waals surface area (Å²) >= 11 is 0. The van der Waals surface area contributed by atoms with E-state index < -0.39 is 9.84 Å². The molecule has 1 fully saturated rings. The molecule has 0 unspecified atom stereocenters. The van der Waals surface area contributed by atoms with Gasteiger partial charge in [0, 0.05) is 18.7 Å². The number of rotatable bonds is 6. The molecule has 7 nitrogen and oxygen atoms in total. The summed E-state index contributed by atoms with van der Waals surface area (Å²) in [5, 5.41) is -0.0721. The first-order chi connectivity index (χ1) is 14.5. The second-order valence-corrected chi connectivity index (χ2v) is 8.87. The quantitative estimate of drug-likeness (QED) is 0.592. The van der Waals surface area contributed by atoms with Crippen molar-refractivity contribution >= 4 is 15.7 Å². The van der Waals surface area contributed by atoms with Crippen LogP contribution < -0.4 is 9.64 Å². The van der Waals surface area contributed by atoms with Gasteiger partial charge in [-0.15, -0.1) is 0 Å². The zero-order valence-corrected chi connectivity index (χ0v) is 17.8. The van der Waals surface area contributed by atoms with Crippen LogP contribution in [-0.4, -0.2) is 46.3 Å². The van der Waals surface area contributed by atoms with Gasteiger partial charge in [-0.05, 0) is 50.2 Å². The maximum absolute atomic E-state index is 13.4. The van der Waals surface area contributed by atoms with Crippen molar-refractivity contribution in [1.82, 2.24) is 4.98 Å². The van der Waals surface area contributed by atoms with Gasteiger partial charge in [0.1, 0.15) is 5.75 Å². The molecule has 0 radical (unpaired) electrons. The molecule has 2 aromatic carbocycles. The number of hydrogen-bond acceptors (Lipinski definition) is 7. The lowest BCUT2D eigenvalue weighted by Crippen LogP contribution is -2.36. The third-order valence-corrected chi connectivity index (χ3v) is 6.54. The standard InChI is InChI=1S/C22H24N2O5S/c1-3-28-18-8-6-17(7-9-18)20-23-21(22(29-20)24-12-14-27-15-13-24)30(25,26)19-10-4-16(2)5-11-19/h4-11H,3,12-15H2,1-2H3. The smallest absolute Gasteiger partial charge is 0.236 e. The number of hydrogen-bond donors (Lipinski definition) is 0. The summed E-state index contributed by atoms with van der Waals surface area (Å²) in [5.41, 5.74) is 1.66. The van der Waals surface area contributed by atoms with E-state index in [2.05, 4.69) is 4.98 Å². The van der Waals surface area contributed by atoms with Gasteiger partial charge in [0.15, 0.2) is 0 Å². The monoisotopic (exact) mass is 428 g/mol. The van der Waals surface area contributed by atoms with Crippen molar-refractivity contribution in [1.29, 1.82) is 0 Å². The van der Waals surface area contributed by atoms with Gasteiger partial charge in [-0.1, -0.05) is 17.7 Å². The van der Waals surface area contributed by atoms with Crippen molar-refractivity contribution in [2.24, 2.45) is 0 Å². The minimum atomic E-state index is -3.85. The van der Waals surface area contributed by atoms with Gasteiger partial charge in [-0.3, -0.25) is 0 Å². The molecular weight excluding hydrogens is 404 g/mol. The average Bonchev–Trinajstić information content (AvgIpc) is 3.22. The normalized spacial score (nSPS) is 14.7. The summed E-state index contributed by atoms with van der Waals surface area (Å²) in [6.45, 7) is 6.47. The largest absolute Gasteiger partial charge is 0.494 e. The molecule has 0 amide bonds. The average molecular weight is 429 g/mol. The van der Waals surface area contributed by atoms with Crippen LogP contribution in [0.3, 0.4) is 0 Å². The van der Waals surface area contributed by atoms with E-state index in [1.807, 2.05) is 43.0 Å². The molecular formula is C22H24N2O5S. The molecule has 4 rings (SSSR count). The van der Waals surface area contributed by atoms with Gasteiger partial charge in [-0.25, -0.2) is 8.42 Å². The Balaban J connectivity index is 1.78. The van der Waals surface area contributed by atoms with Crippen molar-refractivity contribution in [3.63, 3.8) is 0 Å². The van der Waals surface area contributed by atoms with Crippen LogP contribution in [0.1, 0.15) is 12.5 Å². The Hall–Kier alpha value is -2.84. The van der Waals surface area contributed by atoms with E-state index in [9.17, 15) is 8.42 Å². The van der Waals surface area contributed by atoms with Crippen molar-refractivity contribution < 1.29 is 22.3 Å². The van der Waals surface area contributed by atoms with E-state index in [-0.39, 0.29) is 21.7 Å². The van der Waals surface area contributed by atoms with Gasteiger partial charge < -0.3 is 18.8 Å². The number of aromatic nitrogens is 1. The number of sulfone groups is 1. The number of aryl methyl sites for hydroxylation is 1. The van der Waals surface area contributed by atoms with Gasteiger partial charge in [0.05, 0.1) is 24.7 Å². The Kier molecular flexibility index (Phi) is 5.78. The van der Waals surface area contributed by atoms with E-state index in [1.165, 1.54) is 0 Å². The van der Waals surface area contributed by atoms with Crippen molar-refractivity contribution in [2.75, 3.05) is 37.8 Å². The lowest BCUT2D eigenvalue weighted by Gasteiger charge is -2.26. The maximum atomic E-state index is 13.4. The lowest BCUT2D eigenvalue weighted by molar-refractivity contribution is 0.120. The highest BCUT2D eigenvalue weighted by atomic mass is 32.2. The van der Waals surface area contributed by atoms with Crippen LogP contribution in [0.5, 0.6) is 5.75 Å². The van der Waals surface area contributed by atoms with Crippen LogP contribution in [0.25, 0.3) is 11.5 Å². The summed E-state index contributed by atoms with van der Waals surface area (Å²) in [7, 11) is -3.85. The second-order valence-electron chi connectivity index (χ2n) is 7.00. The Morgan fingerprint density at radius 2 is 1.70 bits per heavy atom. The van der Waals surface area contributed by atoms with Gasteiger partial charge in [-0.2, -0.15) is 4.98 Å². The number of ether oxygens (including phenoxy) is 2. The number of oxazole rings is 1. The molecule has 0 spiro atoms. The zero-order valence-electron chi connectivity index (χ0n) is 17.0. The summed E-state index contributed by atoms with van der Waals surface area (Å²) in [4.78, 5) is 6.48. The minimum Gasteiger partial charge on any atom is -0.494 e. The van der Waals surface area contributed by atoms with Crippen LogP contribution >= 0.6 is 0 Å². The number of benzene rings is 2. The fourth-order valence-corrected chi connectivity index (χ4v) is 4.57. The predicted molar refractivity (Wildman–Crippen MR) is 113 cm³/mol. The number of morpholine rings is 1. The van der Waals surface area contributed by atoms with Crippen molar-refractivity contribution in [3.05, 3.63) is 54.1 Å². The summed E-state index contributed by atoms with van der Waals surface area (Å²) in [6.07, 6.45) is 0. The molecule has 0 N–H and O–H groups in total. The molecule has 0 aliphatic carbocycles. The molecule has 8 heteroatoms. The Morgan fingerprint density at radius 1 is 1.03 bits per heavy atom. The molecule has 0 saturated carbocycles. The SMILES string of the molecule is CCOc1ccc(-c2nc(S(=O)(=O)c3ccc(C)cc3)c(N3CCOCC3)o2)cc1. The molecule has 0 bridgehead atoms. The first-order valence-electron chi connectivity index (χ1n) is 9.87. The van der Waals surface area contributed by atoms with E-state index in [1.54, 1.807) is 24.3 Å². The molecule has 3 aromatic rings. The van der Waals surface area contributed by atoms with Crippen LogP contribution in [0.15, 0.2) is 62.9 Å². The molecule has 1 aliphatic rings. The minimum absolute atomic E-state index is 0.0721. The molecule has 158 valence electrons. The number of nitrogens with zero attached hydrogens (tertiary/aromatic N) is 2. The fraction of sp³-hybridized carbons (Fsp3) is 0.318. The second kappa shape index (κ2) is 8.49. The third kappa shape index (κ3) is 4.06. The maximum Gasteiger partial charge on any atom is 0.236 e. The van der Waals surface area contributed by atoms with E-state index in [0.29, 0.717) is 38.5 Å². The summed E-state index contributed by atoms with van der Waals surface area (Å²) in [6, 6.07) is 14.0. The Morgan fingerprint density at radius 3 is 2.33 bits per heavy atom. The molecule has 1 aliphatic heterocycles. The summed E-state index contributed by atoms with van der Waals surface area (Å²) < 4.78 is 43.7. The van der Waals surface area contributed by atoms with Crippen LogP contribution in [0.4, 0.5) is 5.88 Å². The molecule has 30 heavy (non-hydrogen) atoms.